The Morgan fingerprint density at radius 1 is 0.931 bits per heavy atom. The SMILES string of the molecule is O=C(/C=C/c1ccccc1)NC1CCN(C(=O)CNC(=O)c2ccccc2)CC1. The van der Waals surface area contributed by atoms with Gasteiger partial charge in [0.1, 0.15) is 0 Å². The van der Waals surface area contributed by atoms with E-state index in [4.69, 9.17) is 0 Å². The normalized spacial score (nSPS) is 14.6. The second-order valence-corrected chi connectivity index (χ2v) is 6.96. The first kappa shape index (κ1) is 20.3. The van der Waals surface area contributed by atoms with Gasteiger partial charge in [-0.2, -0.15) is 0 Å². The lowest BCUT2D eigenvalue weighted by Gasteiger charge is -2.32. The van der Waals surface area contributed by atoms with Gasteiger partial charge in [-0.25, -0.2) is 0 Å². The Kier molecular flexibility index (Phi) is 7.16. The van der Waals surface area contributed by atoms with E-state index in [1.165, 1.54) is 6.08 Å². The van der Waals surface area contributed by atoms with Crippen LogP contribution in [0.1, 0.15) is 28.8 Å². The molecule has 0 aromatic heterocycles. The summed E-state index contributed by atoms with van der Waals surface area (Å²) >= 11 is 0. The van der Waals surface area contributed by atoms with Crippen molar-refractivity contribution in [1.29, 1.82) is 0 Å². The minimum atomic E-state index is -0.258. The molecule has 0 aliphatic carbocycles. The molecule has 6 nitrogen and oxygen atoms in total. The first-order valence-electron chi connectivity index (χ1n) is 9.76. The summed E-state index contributed by atoms with van der Waals surface area (Å²) in [5.74, 6) is -0.497. The highest BCUT2D eigenvalue weighted by Gasteiger charge is 2.23. The minimum absolute atomic E-state index is 0.0232. The maximum absolute atomic E-state index is 12.3. The van der Waals surface area contributed by atoms with Crippen molar-refractivity contribution in [3.8, 4) is 0 Å². The van der Waals surface area contributed by atoms with Crippen LogP contribution in [0.4, 0.5) is 0 Å². The maximum Gasteiger partial charge on any atom is 0.251 e. The Hall–Kier alpha value is -3.41. The van der Waals surface area contributed by atoms with Gasteiger partial charge in [0.05, 0.1) is 6.54 Å². The average molecular weight is 391 g/mol. The van der Waals surface area contributed by atoms with Crippen LogP contribution in [-0.2, 0) is 9.59 Å². The molecule has 1 fully saturated rings. The molecule has 1 aliphatic rings. The van der Waals surface area contributed by atoms with E-state index in [9.17, 15) is 14.4 Å². The molecule has 2 aromatic rings. The fourth-order valence-electron chi connectivity index (χ4n) is 3.22. The van der Waals surface area contributed by atoms with Crippen molar-refractivity contribution < 1.29 is 14.4 Å². The summed E-state index contributed by atoms with van der Waals surface area (Å²) in [5, 5.41) is 5.65. The Bertz CT molecular complexity index is 857. The number of carbonyl (C=O) groups is 3. The van der Waals surface area contributed by atoms with Gasteiger partial charge in [0, 0.05) is 30.8 Å². The van der Waals surface area contributed by atoms with Gasteiger partial charge in [-0.3, -0.25) is 14.4 Å². The monoisotopic (exact) mass is 391 g/mol. The zero-order chi connectivity index (χ0) is 20.5. The van der Waals surface area contributed by atoms with E-state index in [-0.39, 0.29) is 30.3 Å². The number of benzene rings is 2. The summed E-state index contributed by atoms with van der Waals surface area (Å²) in [5.41, 5.74) is 1.51. The number of piperidine rings is 1. The van der Waals surface area contributed by atoms with Gasteiger partial charge in [-0.05, 0) is 36.6 Å². The third-order valence-corrected chi connectivity index (χ3v) is 4.86. The van der Waals surface area contributed by atoms with Crippen molar-refractivity contribution in [1.82, 2.24) is 15.5 Å². The summed E-state index contributed by atoms with van der Waals surface area (Å²) < 4.78 is 0. The molecule has 0 atom stereocenters. The van der Waals surface area contributed by atoms with Crippen LogP contribution in [0, 0.1) is 0 Å². The van der Waals surface area contributed by atoms with Gasteiger partial charge in [0.2, 0.25) is 11.8 Å². The number of hydrogen-bond acceptors (Lipinski definition) is 3. The van der Waals surface area contributed by atoms with Crippen LogP contribution in [0.25, 0.3) is 6.08 Å². The summed E-state index contributed by atoms with van der Waals surface area (Å²) in [4.78, 5) is 38.2. The molecule has 0 radical (unpaired) electrons. The largest absolute Gasteiger partial charge is 0.350 e. The highest BCUT2D eigenvalue weighted by Crippen LogP contribution is 2.11. The molecule has 150 valence electrons. The molecule has 3 amide bonds. The molecule has 1 heterocycles. The molecule has 2 aromatic carbocycles. The Labute approximate surface area is 170 Å². The summed E-state index contributed by atoms with van der Waals surface area (Å²) in [6, 6.07) is 18.5. The Morgan fingerprint density at radius 2 is 1.55 bits per heavy atom. The van der Waals surface area contributed by atoms with Crippen molar-refractivity contribution in [3.05, 3.63) is 77.9 Å². The number of likely N-dealkylation sites (tertiary alicyclic amines) is 1. The smallest absolute Gasteiger partial charge is 0.251 e. The standard InChI is InChI=1S/C23H25N3O3/c27-21(12-11-18-7-3-1-4-8-18)25-20-13-15-26(16-14-20)22(28)17-24-23(29)19-9-5-2-6-10-19/h1-12,20H,13-17H2,(H,24,29)(H,25,27)/b12-11+. The van der Waals surface area contributed by atoms with Crippen LogP contribution in [0.5, 0.6) is 0 Å². The second kappa shape index (κ2) is 10.2. The fourth-order valence-corrected chi connectivity index (χ4v) is 3.22. The molecule has 2 N–H and O–H groups in total. The van der Waals surface area contributed by atoms with Gasteiger partial charge < -0.3 is 15.5 Å². The molecule has 0 unspecified atom stereocenters. The average Bonchev–Trinajstić information content (AvgIpc) is 2.77. The number of nitrogens with one attached hydrogen (secondary N) is 2. The lowest BCUT2D eigenvalue weighted by molar-refractivity contribution is -0.131. The second-order valence-electron chi connectivity index (χ2n) is 6.96. The zero-order valence-electron chi connectivity index (χ0n) is 16.2. The predicted octanol–water partition coefficient (Wildman–Crippen LogP) is 2.24. The Morgan fingerprint density at radius 3 is 2.21 bits per heavy atom. The molecule has 1 aliphatic heterocycles. The lowest BCUT2D eigenvalue weighted by Crippen LogP contribution is -2.48. The van der Waals surface area contributed by atoms with Crippen LogP contribution in [0.2, 0.25) is 0 Å². The number of hydrogen-bond donors (Lipinski definition) is 2. The van der Waals surface area contributed by atoms with Crippen molar-refractivity contribution in [2.24, 2.45) is 0 Å². The third kappa shape index (κ3) is 6.31. The van der Waals surface area contributed by atoms with E-state index in [2.05, 4.69) is 10.6 Å². The number of carbonyl (C=O) groups excluding carboxylic acids is 3. The third-order valence-electron chi connectivity index (χ3n) is 4.86. The Balaban J connectivity index is 1.38. The van der Waals surface area contributed by atoms with Crippen molar-refractivity contribution in [3.63, 3.8) is 0 Å². The maximum atomic E-state index is 12.3. The van der Waals surface area contributed by atoms with Gasteiger partial charge in [-0.1, -0.05) is 48.5 Å². The zero-order valence-corrected chi connectivity index (χ0v) is 16.2. The molecule has 0 bridgehead atoms. The molecule has 0 spiro atoms. The van der Waals surface area contributed by atoms with E-state index in [1.807, 2.05) is 36.4 Å². The van der Waals surface area contributed by atoms with E-state index in [0.29, 0.717) is 31.5 Å². The molecular weight excluding hydrogens is 366 g/mol. The first-order valence-corrected chi connectivity index (χ1v) is 9.76. The van der Waals surface area contributed by atoms with E-state index in [0.717, 1.165) is 5.56 Å². The fraction of sp³-hybridized carbons (Fsp3) is 0.261. The summed E-state index contributed by atoms with van der Waals surface area (Å²) in [6.07, 6.45) is 4.71. The van der Waals surface area contributed by atoms with Gasteiger partial charge >= 0.3 is 0 Å². The van der Waals surface area contributed by atoms with Crippen LogP contribution in [0.3, 0.4) is 0 Å². The predicted molar refractivity (Wildman–Crippen MR) is 112 cm³/mol. The molecular formula is C23H25N3O3. The van der Waals surface area contributed by atoms with E-state index >= 15 is 0 Å². The quantitative estimate of drug-likeness (QED) is 0.742. The number of rotatable bonds is 6. The number of amides is 3. The van der Waals surface area contributed by atoms with Crippen molar-refractivity contribution >= 4 is 23.8 Å². The molecule has 1 saturated heterocycles. The van der Waals surface area contributed by atoms with Crippen LogP contribution >= 0.6 is 0 Å². The molecule has 0 saturated carbocycles. The topological polar surface area (TPSA) is 78.5 Å². The van der Waals surface area contributed by atoms with E-state index < -0.39 is 0 Å². The van der Waals surface area contributed by atoms with Crippen LogP contribution in [0.15, 0.2) is 66.7 Å². The van der Waals surface area contributed by atoms with E-state index in [1.54, 1.807) is 35.2 Å². The molecule has 6 heteroatoms. The highest BCUT2D eigenvalue weighted by atomic mass is 16.2. The number of nitrogens with zero attached hydrogens (tertiary/aromatic N) is 1. The van der Waals surface area contributed by atoms with Crippen molar-refractivity contribution in [2.45, 2.75) is 18.9 Å². The van der Waals surface area contributed by atoms with Gasteiger partial charge in [0.15, 0.2) is 0 Å². The van der Waals surface area contributed by atoms with Gasteiger partial charge in [0.25, 0.3) is 5.91 Å². The molecule has 29 heavy (non-hydrogen) atoms. The van der Waals surface area contributed by atoms with Crippen molar-refractivity contribution in [2.75, 3.05) is 19.6 Å². The van der Waals surface area contributed by atoms with Crippen LogP contribution < -0.4 is 10.6 Å². The lowest BCUT2D eigenvalue weighted by atomic mass is 10.0. The first-order chi connectivity index (χ1) is 14.1. The molecule has 3 rings (SSSR count). The van der Waals surface area contributed by atoms with Crippen LogP contribution in [-0.4, -0.2) is 48.3 Å². The van der Waals surface area contributed by atoms with Gasteiger partial charge in [-0.15, -0.1) is 0 Å². The summed E-state index contributed by atoms with van der Waals surface area (Å²) in [7, 11) is 0. The minimum Gasteiger partial charge on any atom is -0.350 e. The summed E-state index contributed by atoms with van der Waals surface area (Å²) in [6.45, 7) is 1.10. The highest BCUT2D eigenvalue weighted by molar-refractivity contribution is 5.96.